The summed E-state index contributed by atoms with van der Waals surface area (Å²) in [5.74, 6) is 1.11. The van der Waals surface area contributed by atoms with Crippen LogP contribution in [0.2, 0.25) is 0 Å². The van der Waals surface area contributed by atoms with Gasteiger partial charge in [0, 0.05) is 13.1 Å². The number of rotatable bonds is 4. The number of hydrogen-bond donors (Lipinski definition) is 2. The Morgan fingerprint density at radius 1 is 1.44 bits per heavy atom. The highest BCUT2D eigenvalue weighted by Gasteiger charge is 2.20. The summed E-state index contributed by atoms with van der Waals surface area (Å²) in [6.45, 7) is 2.41. The van der Waals surface area contributed by atoms with Crippen molar-refractivity contribution >= 4 is 5.91 Å². The Hall–Kier alpha value is -1.55. The highest BCUT2D eigenvalue weighted by atomic mass is 16.5. The highest BCUT2D eigenvalue weighted by molar-refractivity contribution is 5.78. The van der Waals surface area contributed by atoms with Crippen molar-refractivity contribution in [3.8, 4) is 5.75 Å². The minimum atomic E-state index is 0.122. The molecule has 2 rings (SSSR count). The summed E-state index contributed by atoms with van der Waals surface area (Å²) in [5, 5.41) is 6.24. The van der Waals surface area contributed by atoms with Crippen molar-refractivity contribution in [3.63, 3.8) is 0 Å². The van der Waals surface area contributed by atoms with Crippen molar-refractivity contribution < 1.29 is 9.53 Å². The van der Waals surface area contributed by atoms with E-state index in [1.807, 2.05) is 24.3 Å². The number of benzene rings is 1. The van der Waals surface area contributed by atoms with E-state index in [-0.39, 0.29) is 11.8 Å². The first-order chi connectivity index (χ1) is 8.79. The minimum Gasteiger partial charge on any atom is -0.497 e. The van der Waals surface area contributed by atoms with Crippen LogP contribution in [0, 0.1) is 5.92 Å². The lowest BCUT2D eigenvalue weighted by Crippen LogP contribution is -2.40. The molecule has 98 valence electrons. The second kappa shape index (κ2) is 6.40. The van der Waals surface area contributed by atoms with E-state index in [1.54, 1.807) is 7.11 Å². The highest BCUT2D eigenvalue weighted by Crippen LogP contribution is 2.12. The molecule has 18 heavy (non-hydrogen) atoms. The van der Waals surface area contributed by atoms with Crippen LogP contribution in [0.25, 0.3) is 0 Å². The maximum atomic E-state index is 11.9. The van der Waals surface area contributed by atoms with Gasteiger partial charge in [-0.25, -0.2) is 0 Å². The summed E-state index contributed by atoms with van der Waals surface area (Å²) in [5.41, 5.74) is 1.09. The normalized spacial score (nSPS) is 19.3. The summed E-state index contributed by atoms with van der Waals surface area (Å²) in [6, 6.07) is 7.75. The zero-order valence-corrected chi connectivity index (χ0v) is 10.7. The molecular weight excluding hydrogens is 228 g/mol. The Bertz CT molecular complexity index is 383. The first kappa shape index (κ1) is 12.9. The summed E-state index contributed by atoms with van der Waals surface area (Å²) in [7, 11) is 1.65. The zero-order chi connectivity index (χ0) is 12.8. The van der Waals surface area contributed by atoms with E-state index >= 15 is 0 Å². The molecule has 4 heteroatoms. The average Bonchev–Trinajstić information content (AvgIpc) is 2.46. The monoisotopic (exact) mass is 248 g/mol. The third-order valence-electron chi connectivity index (χ3n) is 3.29. The van der Waals surface area contributed by atoms with E-state index < -0.39 is 0 Å². The summed E-state index contributed by atoms with van der Waals surface area (Å²) in [6.07, 6.45) is 2.07. The molecule has 1 saturated heterocycles. The standard InChI is InChI=1S/C14H20N2O2/c1-18-13-6-4-11(5-7-13)9-16-14(17)12-3-2-8-15-10-12/h4-7,12,15H,2-3,8-10H2,1H3,(H,16,17). The van der Waals surface area contributed by atoms with Crippen LogP contribution in [0.15, 0.2) is 24.3 Å². The molecule has 1 fully saturated rings. The van der Waals surface area contributed by atoms with Gasteiger partial charge in [0.25, 0.3) is 0 Å². The molecule has 1 aliphatic heterocycles. The van der Waals surface area contributed by atoms with Crippen LogP contribution in [0.1, 0.15) is 18.4 Å². The second-order valence-electron chi connectivity index (χ2n) is 4.61. The second-order valence-corrected chi connectivity index (χ2v) is 4.61. The van der Waals surface area contributed by atoms with E-state index in [0.29, 0.717) is 6.54 Å². The van der Waals surface area contributed by atoms with Gasteiger partial charge in [-0.1, -0.05) is 12.1 Å². The Kier molecular flexibility index (Phi) is 4.59. The van der Waals surface area contributed by atoms with Crippen LogP contribution in [0.5, 0.6) is 5.75 Å². The van der Waals surface area contributed by atoms with E-state index in [2.05, 4.69) is 10.6 Å². The summed E-state index contributed by atoms with van der Waals surface area (Å²) in [4.78, 5) is 11.9. The van der Waals surface area contributed by atoms with Gasteiger partial charge in [-0.05, 0) is 37.1 Å². The van der Waals surface area contributed by atoms with Crippen molar-refractivity contribution in [2.45, 2.75) is 19.4 Å². The molecule has 1 amide bonds. The minimum absolute atomic E-state index is 0.122. The quantitative estimate of drug-likeness (QED) is 0.844. The summed E-state index contributed by atoms with van der Waals surface area (Å²) < 4.78 is 5.09. The Morgan fingerprint density at radius 3 is 2.83 bits per heavy atom. The smallest absolute Gasteiger partial charge is 0.224 e. The molecule has 0 bridgehead atoms. The fourth-order valence-corrected chi connectivity index (χ4v) is 2.15. The molecule has 1 atom stereocenters. The van der Waals surface area contributed by atoms with Crippen molar-refractivity contribution in [1.29, 1.82) is 0 Å². The van der Waals surface area contributed by atoms with Gasteiger partial charge in [0.15, 0.2) is 0 Å². The fraction of sp³-hybridized carbons (Fsp3) is 0.500. The molecule has 1 aromatic rings. The fourth-order valence-electron chi connectivity index (χ4n) is 2.15. The van der Waals surface area contributed by atoms with Crippen molar-refractivity contribution in [2.24, 2.45) is 5.92 Å². The molecule has 0 saturated carbocycles. The van der Waals surface area contributed by atoms with Gasteiger partial charge in [-0.15, -0.1) is 0 Å². The van der Waals surface area contributed by atoms with Crippen LogP contribution < -0.4 is 15.4 Å². The van der Waals surface area contributed by atoms with Gasteiger partial charge >= 0.3 is 0 Å². The predicted molar refractivity (Wildman–Crippen MR) is 70.4 cm³/mol. The molecule has 0 aromatic heterocycles. The van der Waals surface area contributed by atoms with Crippen LogP contribution in [-0.2, 0) is 11.3 Å². The molecule has 1 unspecified atom stereocenters. The van der Waals surface area contributed by atoms with E-state index in [0.717, 1.165) is 37.2 Å². The molecule has 1 heterocycles. The topological polar surface area (TPSA) is 50.4 Å². The molecule has 0 spiro atoms. The van der Waals surface area contributed by atoms with Gasteiger partial charge in [-0.3, -0.25) is 4.79 Å². The molecule has 1 aliphatic rings. The number of ether oxygens (including phenoxy) is 1. The van der Waals surface area contributed by atoms with Crippen LogP contribution in [0.4, 0.5) is 0 Å². The number of piperidine rings is 1. The van der Waals surface area contributed by atoms with E-state index in [4.69, 9.17) is 4.74 Å². The largest absolute Gasteiger partial charge is 0.497 e. The molecular formula is C14H20N2O2. The third kappa shape index (κ3) is 3.47. The van der Waals surface area contributed by atoms with Crippen LogP contribution in [-0.4, -0.2) is 26.1 Å². The number of carbonyl (C=O) groups is 1. The number of amides is 1. The SMILES string of the molecule is COc1ccc(CNC(=O)C2CCCNC2)cc1. The lowest BCUT2D eigenvalue weighted by molar-refractivity contribution is -0.125. The van der Waals surface area contributed by atoms with Gasteiger partial charge in [0.1, 0.15) is 5.75 Å². The van der Waals surface area contributed by atoms with Gasteiger partial charge < -0.3 is 15.4 Å². The number of hydrogen-bond acceptors (Lipinski definition) is 3. The van der Waals surface area contributed by atoms with Gasteiger partial charge in [-0.2, -0.15) is 0 Å². The lowest BCUT2D eigenvalue weighted by atomic mass is 9.99. The van der Waals surface area contributed by atoms with E-state index in [1.165, 1.54) is 0 Å². The first-order valence-corrected chi connectivity index (χ1v) is 6.41. The van der Waals surface area contributed by atoms with Gasteiger partial charge in [0.2, 0.25) is 5.91 Å². The molecule has 0 radical (unpaired) electrons. The molecule has 1 aromatic carbocycles. The number of methoxy groups -OCH3 is 1. The zero-order valence-electron chi connectivity index (χ0n) is 10.7. The van der Waals surface area contributed by atoms with Crippen LogP contribution >= 0.6 is 0 Å². The number of nitrogens with one attached hydrogen (secondary N) is 2. The van der Waals surface area contributed by atoms with Crippen molar-refractivity contribution in [1.82, 2.24) is 10.6 Å². The molecule has 0 aliphatic carbocycles. The maximum absolute atomic E-state index is 11.9. The van der Waals surface area contributed by atoms with Crippen LogP contribution in [0.3, 0.4) is 0 Å². The van der Waals surface area contributed by atoms with Crippen molar-refractivity contribution in [2.75, 3.05) is 20.2 Å². The number of carbonyl (C=O) groups excluding carboxylic acids is 1. The first-order valence-electron chi connectivity index (χ1n) is 6.41. The van der Waals surface area contributed by atoms with Crippen molar-refractivity contribution in [3.05, 3.63) is 29.8 Å². The molecule has 2 N–H and O–H groups in total. The lowest BCUT2D eigenvalue weighted by Gasteiger charge is -2.21. The predicted octanol–water partition coefficient (Wildman–Crippen LogP) is 1.31. The Labute approximate surface area is 108 Å². The van der Waals surface area contributed by atoms with Gasteiger partial charge in [0.05, 0.1) is 13.0 Å². The molecule has 4 nitrogen and oxygen atoms in total. The third-order valence-corrected chi connectivity index (χ3v) is 3.29. The maximum Gasteiger partial charge on any atom is 0.224 e. The Balaban J connectivity index is 1.80. The summed E-state index contributed by atoms with van der Waals surface area (Å²) >= 11 is 0. The Morgan fingerprint density at radius 2 is 2.22 bits per heavy atom. The average molecular weight is 248 g/mol. The van der Waals surface area contributed by atoms with E-state index in [9.17, 15) is 4.79 Å².